The van der Waals surface area contributed by atoms with Gasteiger partial charge in [0.1, 0.15) is 5.75 Å². The first kappa shape index (κ1) is 17.3. The highest BCUT2D eigenvalue weighted by molar-refractivity contribution is 8.00. The molecular weight excluding hydrogens is 384 g/mol. The van der Waals surface area contributed by atoms with Crippen LogP contribution in [0, 0.1) is 0 Å². The van der Waals surface area contributed by atoms with Crippen LogP contribution in [-0.4, -0.2) is 27.5 Å². The van der Waals surface area contributed by atoms with E-state index in [1.165, 1.54) is 11.8 Å². The minimum absolute atomic E-state index is 0.00645. The van der Waals surface area contributed by atoms with Crippen LogP contribution >= 0.6 is 34.4 Å². The highest BCUT2D eigenvalue weighted by Crippen LogP contribution is 2.36. The van der Waals surface area contributed by atoms with E-state index in [2.05, 4.69) is 11.2 Å². The van der Waals surface area contributed by atoms with Gasteiger partial charge in [-0.1, -0.05) is 12.1 Å². The van der Waals surface area contributed by atoms with Crippen molar-refractivity contribution < 1.29 is 9.90 Å². The van der Waals surface area contributed by atoms with E-state index < -0.39 is 0 Å². The van der Waals surface area contributed by atoms with Crippen molar-refractivity contribution in [3.05, 3.63) is 69.0 Å². The van der Waals surface area contributed by atoms with Crippen LogP contribution in [0.25, 0.3) is 0 Å². The van der Waals surface area contributed by atoms with Gasteiger partial charge in [0.2, 0.25) is 0 Å². The summed E-state index contributed by atoms with van der Waals surface area (Å²) in [5.41, 5.74) is 0.974. The summed E-state index contributed by atoms with van der Waals surface area (Å²) in [5.74, 6) is 0.532. The normalized spacial score (nSPS) is 16.7. The Bertz CT molecular complexity index is 903. The second-order valence-electron chi connectivity index (χ2n) is 5.78. The molecule has 1 amide bonds. The topological polar surface area (TPSA) is 52.9 Å². The summed E-state index contributed by atoms with van der Waals surface area (Å²) in [6.45, 7) is 0. The molecule has 0 aliphatic carbocycles. The van der Waals surface area contributed by atoms with Crippen molar-refractivity contribution in [1.82, 2.24) is 5.01 Å². The van der Waals surface area contributed by atoms with Crippen LogP contribution in [0.2, 0.25) is 0 Å². The standard InChI is InChI=1S/C19H16N2O2S3/c22-13-5-7-14(8-6-13)26-12-19(23)21-16(18-4-2-10-25-18)11-15(20-21)17-3-1-9-24-17/h1-10,16,22H,11-12H2. The van der Waals surface area contributed by atoms with E-state index in [9.17, 15) is 9.90 Å². The van der Waals surface area contributed by atoms with Crippen molar-refractivity contribution in [3.63, 3.8) is 0 Å². The molecule has 0 saturated carbocycles. The summed E-state index contributed by atoms with van der Waals surface area (Å²) in [6.07, 6.45) is 0.747. The van der Waals surface area contributed by atoms with Crippen LogP contribution < -0.4 is 0 Å². The molecule has 1 unspecified atom stereocenters. The van der Waals surface area contributed by atoms with Gasteiger partial charge >= 0.3 is 0 Å². The van der Waals surface area contributed by atoms with E-state index in [0.29, 0.717) is 5.75 Å². The maximum atomic E-state index is 12.9. The summed E-state index contributed by atoms with van der Waals surface area (Å²) in [7, 11) is 0. The smallest absolute Gasteiger partial charge is 0.253 e. The van der Waals surface area contributed by atoms with Crippen LogP contribution in [0.15, 0.2) is 69.3 Å². The average molecular weight is 401 g/mol. The molecule has 0 fully saturated rings. The fourth-order valence-electron chi connectivity index (χ4n) is 2.79. The number of nitrogens with zero attached hydrogens (tertiary/aromatic N) is 2. The van der Waals surface area contributed by atoms with Gasteiger partial charge in [0.05, 0.1) is 22.4 Å². The summed E-state index contributed by atoms with van der Waals surface area (Å²) < 4.78 is 0. The number of phenols is 1. The first-order valence-electron chi connectivity index (χ1n) is 8.09. The number of aromatic hydroxyl groups is 1. The Morgan fingerprint density at radius 2 is 1.92 bits per heavy atom. The number of amides is 1. The molecule has 4 nitrogen and oxygen atoms in total. The number of hydrogen-bond donors (Lipinski definition) is 1. The van der Waals surface area contributed by atoms with Gasteiger partial charge < -0.3 is 5.11 Å². The molecule has 1 aliphatic rings. The van der Waals surface area contributed by atoms with Gasteiger partial charge in [0.25, 0.3) is 5.91 Å². The third-order valence-electron chi connectivity index (χ3n) is 4.04. The molecule has 3 heterocycles. The van der Waals surface area contributed by atoms with Crippen molar-refractivity contribution >= 4 is 46.1 Å². The third-order valence-corrected chi connectivity index (χ3v) is 6.93. The monoisotopic (exact) mass is 400 g/mol. The summed E-state index contributed by atoms with van der Waals surface area (Å²) in [6, 6.07) is 15.0. The molecule has 2 aromatic heterocycles. The summed E-state index contributed by atoms with van der Waals surface area (Å²) >= 11 is 4.77. The molecule has 4 rings (SSSR count). The van der Waals surface area contributed by atoms with Crippen LogP contribution in [0.3, 0.4) is 0 Å². The van der Waals surface area contributed by atoms with Crippen molar-refractivity contribution in [3.8, 4) is 5.75 Å². The van der Waals surface area contributed by atoms with E-state index in [1.807, 2.05) is 41.1 Å². The van der Waals surface area contributed by atoms with Gasteiger partial charge in [-0.3, -0.25) is 4.79 Å². The maximum Gasteiger partial charge on any atom is 0.253 e. The number of benzene rings is 1. The van der Waals surface area contributed by atoms with Crippen LogP contribution in [-0.2, 0) is 4.79 Å². The van der Waals surface area contributed by atoms with E-state index in [1.54, 1.807) is 39.8 Å². The second kappa shape index (κ2) is 7.65. The Labute approximate surface area is 163 Å². The first-order valence-corrected chi connectivity index (χ1v) is 10.8. The minimum atomic E-state index is -0.0278. The number of hydrogen-bond acceptors (Lipinski definition) is 6. The molecular formula is C19H16N2O2S3. The minimum Gasteiger partial charge on any atom is -0.508 e. The number of phenolic OH excluding ortho intramolecular Hbond substituents is 1. The lowest BCUT2D eigenvalue weighted by Crippen LogP contribution is -2.28. The van der Waals surface area contributed by atoms with E-state index in [4.69, 9.17) is 0 Å². The molecule has 0 bridgehead atoms. The molecule has 0 radical (unpaired) electrons. The lowest BCUT2D eigenvalue weighted by molar-refractivity contribution is -0.130. The predicted octanol–water partition coefficient (Wildman–Crippen LogP) is 4.99. The van der Waals surface area contributed by atoms with Crippen molar-refractivity contribution in [1.29, 1.82) is 0 Å². The predicted molar refractivity (Wildman–Crippen MR) is 108 cm³/mol. The molecule has 7 heteroatoms. The molecule has 0 spiro atoms. The Hall–Kier alpha value is -2.09. The second-order valence-corrected chi connectivity index (χ2v) is 8.76. The summed E-state index contributed by atoms with van der Waals surface area (Å²) in [4.78, 5) is 16.1. The van der Waals surface area contributed by atoms with Gasteiger partial charge in [-0.2, -0.15) is 5.10 Å². The molecule has 1 atom stereocenters. The lowest BCUT2D eigenvalue weighted by Gasteiger charge is -2.20. The Morgan fingerprint density at radius 3 is 2.62 bits per heavy atom. The van der Waals surface area contributed by atoms with Gasteiger partial charge in [-0.15, -0.1) is 34.4 Å². The Morgan fingerprint density at radius 1 is 1.15 bits per heavy atom. The number of carbonyl (C=O) groups excluding carboxylic acids is 1. The van der Waals surface area contributed by atoms with Crippen molar-refractivity contribution in [2.45, 2.75) is 17.4 Å². The molecule has 132 valence electrons. The van der Waals surface area contributed by atoms with E-state index in [-0.39, 0.29) is 17.7 Å². The molecule has 0 saturated heterocycles. The average Bonchev–Trinajstić information content (AvgIpc) is 3.41. The van der Waals surface area contributed by atoms with Crippen LogP contribution in [0.1, 0.15) is 22.2 Å². The molecule has 1 aromatic carbocycles. The van der Waals surface area contributed by atoms with Crippen molar-refractivity contribution in [2.24, 2.45) is 5.10 Å². The highest BCUT2D eigenvalue weighted by atomic mass is 32.2. The lowest BCUT2D eigenvalue weighted by atomic mass is 10.1. The van der Waals surface area contributed by atoms with Crippen molar-refractivity contribution in [2.75, 3.05) is 5.75 Å². The van der Waals surface area contributed by atoms with E-state index in [0.717, 1.165) is 26.8 Å². The largest absolute Gasteiger partial charge is 0.508 e. The molecule has 3 aromatic rings. The third kappa shape index (κ3) is 3.70. The quantitative estimate of drug-likeness (QED) is 0.614. The van der Waals surface area contributed by atoms with Gasteiger partial charge in [-0.05, 0) is 47.2 Å². The van der Waals surface area contributed by atoms with E-state index >= 15 is 0 Å². The molecule has 26 heavy (non-hydrogen) atoms. The fraction of sp³-hybridized carbons (Fsp3) is 0.158. The van der Waals surface area contributed by atoms with Crippen LogP contribution in [0.5, 0.6) is 5.75 Å². The zero-order chi connectivity index (χ0) is 17.9. The Kier molecular flexibility index (Phi) is 5.10. The maximum absolute atomic E-state index is 12.9. The highest BCUT2D eigenvalue weighted by Gasteiger charge is 2.33. The van der Waals surface area contributed by atoms with Gasteiger partial charge in [0.15, 0.2) is 0 Å². The molecule has 1 aliphatic heterocycles. The zero-order valence-corrected chi connectivity index (χ0v) is 16.2. The Balaban J connectivity index is 1.52. The summed E-state index contributed by atoms with van der Waals surface area (Å²) in [5, 5.41) is 19.7. The number of hydrazone groups is 1. The number of rotatable bonds is 5. The van der Waals surface area contributed by atoms with Gasteiger partial charge in [-0.25, -0.2) is 5.01 Å². The first-order chi connectivity index (χ1) is 12.7. The number of thioether (sulfide) groups is 1. The zero-order valence-electron chi connectivity index (χ0n) is 13.7. The van der Waals surface area contributed by atoms with Gasteiger partial charge in [0, 0.05) is 16.2 Å². The fourth-order valence-corrected chi connectivity index (χ4v) is 5.07. The number of carbonyl (C=O) groups is 1. The van der Waals surface area contributed by atoms with Crippen LogP contribution in [0.4, 0.5) is 0 Å². The number of thiophene rings is 2. The SMILES string of the molecule is O=C(CSc1ccc(O)cc1)N1N=C(c2cccs2)CC1c1cccs1. The molecule has 1 N–H and O–H groups in total.